The third-order valence-electron chi connectivity index (χ3n) is 7.38. The minimum atomic E-state index is -0.982. The van der Waals surface area contributed by atoms with Crippen molar-refractivity contribution in [3.05, 3.63) is 108 Å². The van der Waals surface area contributed by atoms with Crippen molar-refractivity contribution >= 4 is 28.6 Å². The topological polar surface area (TPSA) is 77.2 Å². The molecule has 228 valence electrons. The normalized spacial score (nSPS) is 12.1. The number of ether oxygens (including phenoxy) is 1. The van der Waals surface area contributed by atoms with Crippen LogP contribution in [0.25, 0.3) is 22.0 Å². The second-order valence-corrected chi connectivity index (χ2v) is 14.7. The van der Waals surface area contributed by atoms with E-state index in [0.29, 0.717) is 25.1 Å². The van der Waals surface area contributed by atoms with Gasteiger partial charge >= 0.3 is 5.97 Å². The molecule has 0 aliphatic heterocycles. The summed E-state index contributed by atoms with van der Waals surface area (Å²) in [4.78, 5) is 21.8. The molecule has 0 aliphatic carbocycles. The fraction of sp³-hybridized carbons (Fsp3) is 0.306. The van der Waals surface area contributed by atoms with Crippen molar-refractivity contribution in [1.82, 2.24) is 14.5 Å². The molecule has 0 spiro atoms. The highest BCUT2D eigenvalue weighted by Gasteiger charge is 2.33. The first kappa shape index (κ1) is 31.3. The lowest BCUT2D eigenvalue weighted by molar-refractivity contribution is -0.146. The average molecular weight is 612 g/mol. The number of benzene rings is 2. The number of thioether (sulfide) groups is 1. The van der Waals surface area contributed by atoms with Crippen LogP contribution in [0.1, 0.15) is 57.1 Å². The Morgan fingerprint density at radius 1 is 0.955 bits per heavy atom. The van der Waals surface area contributed by atoms with E-state index in [1.165, 1.54) is 12.3 Å². The summed E-state index contributed by atoms with van der Waals surface area (Å²) in [6.45, 7) is 12.9. The smallest absolute Gasteiger partial charge is 0.309 e. The quantitative estimate of drug-likeness (QED) is 0.159. The number of aryl methyl sites for hydroxylation is 1. The molecule has 0 amide bonds. The maximum Gasteiger partial charge on any atom is 0.309 e. The Morgan fingerprint density at radius 3 is 2.34 bits per heavy atom. The molecule has 3 aromatic heterocycles. The molecule has 44 heavy (non-hydrogen) atoms. The number of rotatable bonds is 10. The molecule has 0 aliphatic rings. The van der Waals surface area contributed by atoms with E-state index in [1.54, 1.807) is 31.8 Å². The third-order valence-corrected chi connectivity index (χ3v) is 8.65. The number of pyridine rings is 2. The number of aliphatic carboxylic acids is 1. The average Bonchev–Trinajstić information content (AvgIpc) is 3.22. The van der Waals surface area contributed by atoms with Gasteiger partial charge in [0.2, 0.25) is 0 Å². The summed E-state index contributed by atoms with van der Waals surface area (Å²) in [6.07, 6.45) is 5.02. The molecule has 1 N–H and O–H groups in total. The van der Waals surface area contributed by atoms with Crippen molar-refractivity contribution in [1.29, 1.82) is 0 Å². The zero-order valence-electron chi connectivity index (χ0n) is 26.0. The van der Waals surface area contributed by atoms with Crippen molar-refractivity contribution in [3.8, 4) is 16.9 Å². The molecule has 0 fully saturated rings. The highest BCUT2D eigenvalue weighted by atomic mass is 32.2. The molecular weight excluding hydrogens is 573 g/mol. The van der Waals surface area contributed by atoms with Crippen LogP contribution in [0.15, 0.2) is 84.1 Å². The highest BCUT2D eigenvalue weighted by molar-refractivity contribution is 8.00. The van der Waals surface area contributed by atoms with E-state index in [2.05, 4.69) is 47.4 Å². The van der Waals surface area contributed by atoms with Crippen LogP contribution in [0, 0.1) is 18.2 Å². The molecular formula is C36H38FN3O3S. The van der Waals surface area contributed by atoms with Crippen LogP contribution in [-0.4, -0.2) is 30.4 Å². The Hall–Kier alpha value is -4.17. The molecule has 0 unspecified atom stereocenters. The number of aromatic nitrogens is 3. The van der Waals surface area contributed by atoms with Crippen molar-refractivity contribution in [2.75, 3.05) is 0 Å². The van der Waals surface area contributed by atoms with Crippen LogP contribution in [0.3, 0.4) is 0 Å². The van der Waals surface area contributed by atoms with E-state index in [0.717, 1.165) is 49.6 Å². The number of hydrogen-bond donors (Lipinski definition) is 1. The first-order valence-corrected chi connectivity index (χ1v) is 15.4. The summed E-state index contributed by atoms with van der Waals surface area (Å²) >= 11 is 1.74. The van der Waals surface area contributed by atoms with Gasteiger partial charge in [0.25, 0.3) is 0 Å². The number of carboxylic acids is 1. The van der Waals surface area contributed by atoms with Gasteiger partial charge in [0.05, 0.1) is 17.3 Å². The molecule has 0 radical (unpaired) electrons. The number of carboxylic acid groups (broad SMARTS) is 1. The molecule has 0 saturated heterocycles. The fourth-order valence-corrected chi connectivity index (χ4v) is 6.20. The van der Waals surface area contributed by atoms with Gasteiger partial charge in [0, 0.05) is 57.2 Å². The molecule has 0 bridgehead atoms. The highest BCUT2D eigenvalue weighted by Crippen LogP contribution is 2.44. The largest absolute Gasteiger partial charge is 0.487 e. The predicted molar refractivity (Wildman–Crippen MR) is 175 cm³/mol. The summed E-state index contributed by atoms with van der Waals surface area (Å²) in [7, 11) is 0. The molecule has 3 heterocycles. The second kappa shape index (κ2) is 12.4. The van der Waals surface area contributed by atoms with E-state index in [1.807, 2.05) is 55.6 Å². The molecule has 0 atom stereocenters. The van der Waals surface area contributed by atoms with E-state index < -0.39 is 11.4 Å². The van der Waals surface area contributed by atoms with Gasteiger partial charge < -0.3 is 14.4 Å². The molecule has 0 saturated carbocycles. The first-order chi connectivity index (χ1) is 20.8. The summed E-state index contributed by atoms with van der Waals surface area (Å²) in [5.41, 5.74) is 5.57. The number of fused-ring (bicyclic) bond motifs is 1. The SMILES string of the molecule is Cc1ccc(COc2ccc3c(c2)c(SC(C)(C)C)c(CC(C)(C)C(=O)O)n3Cc2ccc(-c3cncc(F)c3)cc2)nc1. The van der Waals surface area contributed by atoms with Gasteiger partial charge in [-0.25, -0.2) is 4.39 Å². The van der Waals surface area contributed by atoms with Crippen LogP contribution in [0.4, 0.5) is 4.39 Å². The van der Waals surface area contributed by atoms with E-state index in [-0.39, 0.29) is 10.6 Å². The molecule has 5 rings (SSSR count). The van der Waals surface area contributed by atoms with Crippen LogP contribution in [0.2, 0.25) is 0 Å². The predicted octanol–water partition coefficient (Wildman–Crippen LogP) is 8.72. The summed E-state index contributed by atoms with van der Waals surface area (Å²) in [6, 6.07) is 19.5. The minimum absolute atomic E-state index is 0.120. The van der Waals surface area contributed by atoms with Gasteiger partial charge in [-0.3, -0.25) is 14.8 Å². The summed E-state index contributed by atoms with van der Waals surface area (Å²) in [5, 5.41) is 11.1. The number of nitrogens with zero attached hydrogens (tertiary/aromatic N) is 3. The number of carbonyl (C=O) groups is 1. The Labute approximate surface area is 262 Å². The van der Waals surface area contributed by atoms with E-state index in [9.17, 15) is 14.3 Å². The lowest BCUT2D eigenvalue weighted by Gasteiger charge is -2.24. The van der Waals surface area contributed by atoms with Crippen molar-refractivity contribution in [3.63, 3.8) is 0 Å². The standard InChI is InChI=1S/C36H38FN3O3S/c1-23-7-12-28(39-18-23)22-43-29-13-14-31-30(16-29)33(44-35(2,3)4)32(17-36(5,6)34(41)42)40(31)21-24-8-10-25(11-9-24)26-15-27(37)20-38-19-26/h7-16,18-20H,17,21-22H2,1-6H3,(H,41,42). The second-order valence-electron chi connectivity index (χ2n) is 12.8. The van der Waals surface area contributed by atoms with Crippen LogP contribution < -0.4 is 4.74 Å². The van der Waals surface area contributed by atoms with Crippen LogP contribution in [0.5, 0.6) is 5.75 Å². The zero-order valence-corrected chi connectivity index (χ0v) is 26.8. The third kappa shape index (κ3) is 7.30. The fourth-order valence-electron chi connectivity index (χ4n) is 5.01. The summed E-state index contributed by atoms with van der Waals surface area (Å²) < 4.78 is 22.1. The van der Waals surface area contributed by atoms with Crippen molar-refractivity contribution in [2.45, 2.75) is 70.8 Å². The molecule has 2 aromatic carbocycles. The van der Waals surface area contributed by atoms with Gasteiger partial charge in [-0.1, -0.05) is 51.1 Å². The molecule has 8 heteroatoms. The van der Waals surface area contributed by atoms with Gasteiger partial charge in [-0.15, -0.1) is 11.8 Å². The van der Waals surface area contributed by atoms with E-state index in [4.69, 9.17) is 4.74 Å². The van der Waals surface area contributed by atoms with Gasteiger partial charge in [0.15, 0.2) is 0 Å². The van der Waals surface area contributed by atoms with Crippen LogP contribution in [-0.2, 0) is 24.4 Å². The first-order valence-electron chi connectivity index (χ1n) is 14.6. The Kier molecular flexibility index (Phi) is 8.84. The Bertz CT molecular complexity index is 1790. The van der Waals surface area contributed by atoms with E-state index >= 15 is 0 Å². The molecule has 5 aromatic rings. The maximum absolute atomic E-state index is 13.8. The number of halogens is 1. The maximum atomic E-state index is 13.8. The number of hydrogen-bond acceptors (Lipinski definition) is 5. The zero-order chi connectivity index (χ0) is 31.6. The Balaban J connectivity index is 1.58. The minimum Gasteiger partial charge on any atom is -0.487 e. The van der Waals surface area contributed by atoms with Gasteiger partial charge in [-0.2, -0.15) is 0 Å². The van der Waals surface area contributed by atoms with Gasteiger partial charge in [0.1, 0.15) is 18.2 Å². The lowest BCUT2D eigenvalue weighted by Crippen LogP contribution is -2.28. The monoisotopic (exact) mass is 611 g/mol. The molecule has 6 nitrogen and oxygen atoms in total. The van der Waals surface area contributed by atoms with Gasteiger partial charge in [-0.05, 0) is 67.8 Å². The van der Waals surface area contributed by atoms with Crippen molar-refractivity contribution < 1.29 is 19.0 Å². The van der Waals surface area contributed by atoms with Crippen molar-refractivity contribution in [2.24, 2.45) is 5.41 Å². The Morgan fingerprint density at radius 2 is 1.70 bits per heavy atom. The van der Waals surface area contributed by atoms with Crippen LogP contribution >= 0.6 is 11.8 Å². The lowest BCUT2D eigenvalue weighted by atomic mass is 9.88. The summed E-state index contributed by atoms with van der Waals surface area (Å²) in [5.74, 6) is -0.494.